The maximum atomic E-state index is 12.3. The second kappa shape index (κ2) is 5.52. The SMILES string of the molecule is Cc1[nH]c(C(=O)O)c(C)c1C(=O)NCC1(C)CCCS1. The normalized spacial score (nSPS) is 21.9. The summed E-state index contributed by atoms with van der Waals surface area (Å²) in [6.45, 7) is 6.15. The van der Waals surface area contributed by atoms with E-state index in [1.807, 2.05) is 11.8 Å². The lowest BCUT2D eigenvalue weighted by atomic mass is 10.0. The first-order valence-corrected chi connectivity index (χ1v) is 7.67. The number of rotatable bonds is 4. The van der Waals surface area contributed by atoms with Crippen LogP contribution < -0.4 is 5.32 Å². The number of H-pyrrole nitrogens is 1. The molecule has 0 spiro atoms. The fraction of sp³-hybridized carbons (Fsp3) is 0.571. The second-order valence-corrected chi connectivity index (χ2v) is 7.20. The minimum atomic E-state index is -1.04. The average Bonchev–Trinajstić information content (AvgIpc) is 2.92. The quantitative estimate of drug-likeness (QED) is 0.796. The van der Waals surface area contributed by atoms with Crippen molar-refractivity contribution in [1.29, 1.82) is 0 Å². The number of carbonyl (C=O) groups is 2. The average molecular weight is 296 g/mol. The Morgan fingerprint density at radius 1 is 1.45 bits per heavy atom. The van der Waals surface area contributed by atoms with Crippen LogP contribution in [0.4, 0.5) is 0 Å². The summed E-state index contributed by atoms with van der Waals surface area (Å²) in [5, 5.41) is 12.0. The fourth-order valence-corrected chi connectivity index (χ4v) is 3.88. The number of thioether (sulfide) groups is 1. The molecule has 1 atom stereocenters. The summed E-state index contributed by atoms with van der Waals surface area (Å²) >= 11 is 1.88. The topological polar surface area (TPSA) is 82.2 Å². The molecular formula is C14H20N2O3S. The van der Waals surface area contributed by atoms with Gasteiger partial charge in [0.2, 0.25) is 0 Å². The minimum absolute atomic E-state index is 0.0918. The molecule has 3 N–H and O–H groups in total. The Balaban J connectivity index is 2.11. The monoisotopic (exact) mass is 296 g/mol. The third-order valence-electron chi connectivity index (χ3n) is 3.80. The number of carbonyl (C=O) groups excluding carboxylic acids is 1. The highest BCUT2D eigenvalue weighted by atomic mass is 32.2. The van der Waals surface area contributed by atoms with Crippen LogP contribution in [0.25, 0.3) is 0 Å². The molecule has 0 saturated carbocycles. The summed E-state index contributed by atoms with van der Waals surface area (Å²) in [7, 11) is 0. The van der Waals surface area contributed by atoms with E-state index in [1.54, 1.807) is 13.8 Å². The Hall–Kier alpha value is -1.43. The zero-order valence-electron chi connectivity index (χ0n) is 12.0. The molecule has 2 heterocycles. The molecule has 1 unspecified atom stereocenters. The molecule has 6 heteroatoms. The lowest BCUT2D eigenvalue weighted by Gasteiger charge is -2.22. The third-order valence-corrected chi connectivity index (χ3v) is 5.34. The molecule has 0 radical (unpaired) electrons. The van der Waals surface area contributed by atoms with E-state index < -0.39 is 5.97 Å². The van der Waals surface area contributed by atoms with E-state index in [9.17, 15) is 9.59 Å². The molecule has 0 aliphatic carbocycles. The van der Waals surface area contributed by atoms with Crippen molar-refractivity contribution in [3.63, 3.8) is 0 Å². The Bertz CT molecular complexity index is 545. The molecule has 1 aliphatic heterocycles. The minimum Gasteiger partial charge on any atom is -0.477 e. The standard InChI is InChI=1S/C14H20N2O3S/c1-8-10(9(2)16-11(8)13(18)19)12(17)15-7-14(3)5-4-6-20-14/h16H,4-7H2,1-3H3,(H,15,17)(H,18,19). The van der Waals surface area contributed by atoms with Gasteiger partial charge in [0.25, 0.3) is 5.91 Å². The van der Waals surface area contributed by atoms with Gasteiger partial charge in [0.15, 0.2) is 0 Å². The van der Waals surface area contributed by atoms with Gasteiger partial charge in [-0.15, -0.1) is 0 Å². The zero-order chi connectivity index (χ0) is 14.9. The predicted molar refractivity (Wildman–Crippen MR) is 79.7 cm³/mol. The summed E-state index contributed by atoms with van der Waals surface area (Å²) in [6.07, 6.45) is 2.28. The van der Waals surface area contributed by atoms with Gasteiger partial charge in [0.1, 0.15) is 5.69 Å². The van der Waals surface area contributed by atoms with Crippen molar-refractivity contribution >= 4 is 23.6 Å². The van der Waals surface area contributed by atoms with Crippen molar-refractivity contribution in [3.05, 3.63) is 22.5 Å². The molecule has 5 nitrogen and oxygen atoms in total. The number of aryl methyl sites for hydroxylation is 1. The van der Waals surface area contributed by atoms with Gasteiger partial charge in [0, 0.05) is 17.0 Å². The van der Waals surface area contributed by atoms with Crippen molar-refractivity contribution in [1.82, 2.24) is 10.3 Å². The molecule has 110 valence electrons. The largest absolute Gasteiger partial charge is 0.477 e. The molecule has 1 fully saturated rings. The molecule has 1 aromatic rings. The van der Waals surface area contributed by atoms with Crippen molar-refractivity contribution in [2.45, 2.75) is 38.4 Å². The van der Waals surface area contributed by atoms with Crippen LogP contribution >= 0.6 is 11.8 Å². The van der Waals surface area contributed by atoms with Crippen LogP contribution in [0.3, 0.4) is 0 Å². The Morgan fingerprint density at radius 2 is 2.15 bits per heavy atom. The van der Waals surface area contributed by atoms with E-state index in [0.717, 1.165) is 12.2 Å². The molecule has 20 heavy (non-hydrogen) atoms. The van der Waals surface area contributed by atoms with Crippen LogP contribution in [0.5, 0.6) is 0 Å². The number of carboxylic acids is 1. The number of carboxylic acid groups (broad SMARTS) is 1. The van der Waals surface area contributed by atoms with Gasteiger partial charge in [-0.3, -0.25) is 4.79 Å². The first-order valence-electron chi connectivity index (χ1n) is 6.69. The van der Waals surface area contributed by atoms with Crippen LogP contribution in [0, 0.1) is 13.8 Å². The zero-order valence-corrected chi connectivity index (χ0v) is 12.8. The molecule has 1 amide bonds. The first kappa shape index (κ1) is 15.0. The summed E-state index contributed by atoms with van der Waals surface area (Å²) in [6, 6.07) is 0. The highest BCUT2D eigenvalue weighted by Gasteiger charge is 2.30. The van der Waals surface area contributed by atoms with Crippen molar-refractivity contribution in [2.75, 3.05) is 12.3 Å². The van der Waals surface area contributed by atoms with Crippen molar-refractivity contribution < 1.29 is 14.7 Å². The van der Waals surface area contributed by atoms with Crippen molar-refractivity contribution in [3.8, 4) is 0 Å². The van der Waals surface area contributed by atoms with E-state index in [-0.39, 0.29) is 16.3 Å². The van der Waals surface area contributed by atoms with Gasteiger partial charge in [-0.25, -0.2) is 4.79 Å². The van der Waals surface area contributed by atoms with E-state index in [4.69, 9.17) is 5.11 Å². The van der Waals surface area contributed by atoms with Crippen LogP contribution in [0.2, 0.25) is 0 Å². The molecule has 2 rings (SSSR count). The second-order valence-electron chi connectivity index (χ2n) is 5.51. The number of nitrogens with one attached hydrogen (secondary N) is 2. The van der Waals surface area contributed by atoms with Crippen LogP contribution in [0.1, 0.15) is 51.9 Å². The molecule has 0 bridgehead atoms. The number of aromatic nitrogens is 1. The maximum Gasteiger partial charge on any atom is 0.352 e. The van der Waals surface area contributed by atoms with Gasteiger partial charge < -0.3 is 15.4 Å². The number of aromatic carboxylic acids is 1. The van der Waals surface area contributed by atoms with E-state index in [1.165, 1.54) is 6.42 Å². The Kier molecular flexibility index (Phi) is 4.13. The van der Waals surface area contributed by atoms with Crippen LogP contribution in [-0.4, -0.2) is 39.0 Å². The summed E-state index contributed by atoms with van der Waals surface area (Å²) < 4.78 is 0.101. The summed E-state index contributed by atoms with van der Waals surface area (Å²) in [4.78, 5) is 26.1. The molecule has 1 aromatic heterocycles. The molecular weight excluding hydrogens is 276 g/mol. The Morgan fingerprint density at radius 3 is 2.65 bits per heavy atom. The van der Waals surface area contributed by atoms with Gasteiger partial charge in [-0.2, -0.15) is 11.8 Å². The smallest absolute Gasteiger partial charge is 0.352 e. The molecule has 1 aliphatic rings. The fourth-order valence-electron chi connectivity index (χ4n) is 2.64. The van der Waals surface area contributed by atoms with Crippen LogP contribution in [0.15, 0.2) is 0 Å². The van der Waals surface area contributed by atoms with Gasteiger partial charge in [-0.1, -0.05) is 0 Å². The third kappa shape index (κ3) is 2.85. The number of hydrogen-bond donors (Lipinski definition) is 3. The highest BCUT2D eigenvalue weighted by Crippen LogP contribution is 2.37. The van der Waals surface area contributed by atoms with E-state index >= 15 is 0 Å². The molecule has 1 saturated heterocycles. The predicted octanol–water partition coefficient (Wildman–Crippen LogP) is 2.35. The van der Waals surface area contributed by atoms with E-state index in [0.29, 0.717) is 23.4 Å². The summed E-state index contributed by atoms with van der Waals surface area (Å²) in [5.41, 5.74) is 1.64. The van der Waals surface area contributed by atoms with Crippen molar-refractivity contribution in [2.24, 2.45) is 0 Å². The van der Waals surface area contributed by atoms with Gasteiger partial charge >= 0.3 is 5.97 Å². The first-order chi connectivity index (χ1) is 9.34. The molecule has 0 aromatic carbocycles. The van der Waals surface area contributed by atoms with Gasteiger partial charge in [0.05, 0.1) is 5.56 Å². The highest BCUT2D eigenvalue weighted by molar-refractivity contribution is 8.00. The van der Waals surface area contributed by atoms with E-state index in [2.05, 4.69) is 17.2 Å². The lowest BCUT2D eigenvalue weighted by Crippen LogP contribution is -2.37. The number of amides is 1. The lowest BCUT2D eigenvalue weighted by molar-refractivity contribution is 0.0690. The van der Waals surface area contributed by atoms with Crippen LogP contribution in [-0.2, 0) is 0 Å². The summed E-state index contributed by atoms with van der Waals surface area (Å²) in [5.74, 6) is -0.0991. The number of hydrogen-bond acceptors (Lipinski definition) is 3. The van der Waals surface area contributed by atoms with Gasteiger partial charge in [-0.05, 0) is 44.9 Å². The Labute approximate surface area is 122 Å². The maximum absolute atomic E-state index is 12.3. The number of aromatic amines is 1.